The molecule has 1 aliphatic rings. The second-order valence-corrected chi connectivity index (χ2v) is 6.09. The lowest BCUT2D eigenvalue weighted by atomic mass is 10.2. The van der Waals surface area contributed by atoms with Crippen molar-refractivity contribution in [3.8, 4) is 0 Å². The van der Waals surface area contributed by atoms with Crippen molar-refractivity contribution in [2.75, 3.05) is 11.4 Å². The van der Waals surface area contributed by atoms with Crippen molar-refractivity contribution in [1.82, 2.24) is 4.98 Å². The molecule has 0 spiro atoms. The van der Waals surface area contributed by atoms with E-state index in [9.17, 15) is 5.11 Å². The van der Waals surface area contributed by atoms with Crippen LogP contribution in [0.3, 0.4) is 0 Å². The first kappa shape index (κ1) is 12.8. The van der Waals surface area contributed by atoms with Gasteiger partial charge in [-0.25, -0.2) is 4.98 Å². The fourth-order valence-electron chi connectivity index (χ4n) is 2.08. The number of hydrogen-bond donors (Lipinski definition) is 1. The van der Waals surface area contributed by atoms with Crippen molar-refractivity contribution < 1.29 is 5.11 Å². The van der Waals surface area contributed by atoms with Gasteiger partial charge in [0.15, 0.2) is 5.13 Å². The number of hydrogen-bond acceptors (Lipinski definition) is 4. The second kappa shape index (κ2) is 5.36. The largest absolute Gasteiger partial charge is 0.391 e. The maximum absolute atomic E-state index is 9.41. The standard InChI is InChI=1S/C13H22N2OS/c1-4-7-15(9(2)3)13-14-12(10-5-6-10)11(8-16)17-13/h9-10,16H,4-8H2,1-3H3. The lowest BCUT2D eigenvalue weighted by Gasteiger charge is -2.25. The Morgan fingerprint density at radius 3 is 2.65 bits per heavy atom. The molecule has 96 valence electrons. The summed E-state index contributed by atoms with van der Waals surface area (Å²) in [6.07, 6.45) is 3.61. The Labute approximate surface area is 107 Å². The smallest absolute Gasteiger partial charge is 0.186 e. The van der Waals surface area contributed by atoms with Gasteiger partial charge in [-0.05, 0) is 33.1 Å². The maximum atomic E-state index is 9.41. The van der Waals surface area contributed by atoms with Crippen LogP contribution in [0.15, 0.2) is 0 Å². The van der Waals surface area contributed by atoms with E-state index in [4.69, 9.17) is 4.98 Å². The Hall–Kier alpha value is -0.610. The second-order valence-electron chi connectivity index (χ2n) is 5.02. The van der Waals surface area contributed by atoms with Crippen molar-refractivity contribution in [3.05, 3.63) is 10.6 Å². The summed E-state index contributed by atoms with van der Waals surface area (Å²) in [5, 5.41) is 10.5. The van der Waals surface area contributed by atoms with Gasteiger partial charge in [0.2, 0.25) is 0 Å². The normalized spacial score (nSPS) is 15.6. The molecule has 1 N–H and O–H groups in total. The molecule has 0 atom stereocenters. The fourth-order valence-corrected chi connectivity index (χ4v) is 3.24. The molecule has 1 heterocycles. The highest BCUT2D eigenvalue weighted by atomic mass is 32.1. The third-order valence-corrected chi connectivity index (χ3v) is 4.25. The number of thiazole rings is 1. The summed E-state index contributed by atoms with van der Waals surface area (Å²) in [6.45, 7) is 7.78. The lowest BCUT2D eigenvalue weighted by molar-refractivity contribution is 0.284. The SMILES string of the molecule is CCCN(c1nc(C2CC2)c(CO)s1)C(C)C. The molecular formula is C13H22N2OS. The highest BCUT2D eigenvalue weighted by molar-refractivity contribution is 7.15. The van der Waals surface area contributed by atoms with Crippen LogP contribution in [0.5, 0.6) is 0 Å². The van der Waals surface area contributed by atoms with Crippen LogP contribution < -0.4 is 4.90 Å². The quantitative estimate of drug-likeness (QED) is 0.847. The molecule has 1 aromatic heterocycles. The number of anilines is 1. The topological polar surface area (TPSA) is 36.4 Å². The van der Waals surface area contributed by atoms with Gasteiger partial charge in [0.25, 0.3) is 0 Å². The van der Waals surface area contributed by atoms with E-state index in [1.165, 1.54) is 12.8 Å². The fraction of sp³-hybridized carbons (Fsp3) is 0.769. The number of aliphatic hydroxyl groups excluding tert-OH is 1. The molecule has 3 nitrogen and oxygen atoms in total. The first-order chi connectivity index (χ1) is 8.17. The van der Waals surface area contributed by atoms with E-state index in [0.717, 1.165) is 28.7 Å². The molecule has 0 bridgehead atoms. The van der Waals surface area contributed by atoms with E-state index in [2.05, 4.69) is 25.7 Å². The van der Waals surface area contributed by atoms with Crippen LogP contribution in [0, 0.1) is 0 Å². The number of rotatable bonds is 6. The van der Waals surface area contributed by atoms with Crippen LogP contribution in [0.1, 0.15) is 56.5 Å². The molecule has 0 unspecified atom stereocenters. The Kier molecular flexibility index (Phi) is 4.05. The van der Waals surface area contributed by atoms with Crippen LogP contribution in [-0.4, -0.2) is 22.7 Å². The summed E-state index contributed by atoms with van der Waals surface area (Å²) >= 11 is 1.67. The van der Waals surface area contributed by atoms with E-state index >= 15 is 0 Å². The van der Waals surface area contributed by atoms with Gasteiger partial charge >= 0.3 is 0 Å². The molecule has 1 saturated carbocycles. The first-order valence-corrected chi connectivity index (χ1v) is 7.36. The van der Waals surface area contributed by atoms with Crippen LogP contribution in [0.4, 0.5) is 5.13 Å². The van der Waals surface area contributed by atoms with Crippen LogP contribution in [-0.2, 0) is 6.61 Å². The molecule has 0 aromatic carbocycles. The number of aliphatic hydroxyl groups is 1. The highest BCUT2D eigenvalue weighted by Gasteiger charge is 2.30. The van der Waals surface area contributed by atoms with Crippen molar-refractivity contribution in [2.24, 2.45) is 0 Å². The molecule has 0 saturated heterocycles. The Morgan fingerprint density at radius 1 is 1.47 bits per heavy atom. The predicted molar refractivity (Wildman–Crippen MR) is 72.8 cm³/mol. The van der Waals surface area contributed by atoms with Crippen molar-refractivity contribution in [1.29, 1.82) is 0 Å². The third kappa shape index (κ3) is 2.80. The van der Waals surface area contributed by atoms with Crippen molar-refractivity contribution in [3.63, 3.8) is 0 Å². The zero-order chi connectivity index (χ0) is 12.4. The summed E-state index contributed by atoms with van der Waals surface area (Å²) in [7, 11) is 0. The minimum Gasteiger partial charge on any atom is -0.391 e. The summed E-state index contributed by atoms with van der Waals surface area (Å²) < 4.78 is 0. The van der Waals surface area contributed by atoms with Crippen LogP contribution in [0.25, 0.3) is 0 Å². The van der Waals surface area contributed by atoms with Crippen molar-refractivity contribution >= 4 is 16.5 Å². The van der Waals surface area contributed by atoms with Crippen LogP contribution in [0.2, 0.25) is 0 Å². The van der Waals surface area contributed by atoms with Gasteiger partial charge in [-0.2, -0.15) is 0 Å². The van der Waals surface area contributed by atoms with Gasteiger partial charge < -0.3 is 10.0 Å². The van der Waals surface area contributed by atoms with Gasteiger partial charge in [0, 0.05) is 18.5 Å². The van der Waals surface area contributed by atoms with E-state index < -0.39 is 0 Å². The monoisotopic (exact) mass is 254 g/mol. The Morgan fingerprint density at radius 2 is 2.18 bits per heavy atom. The van der Waals surface area contributed by atoms with Gasteiger partial charge in [-0.1, -0.05) is 18.3 Å². The third-order valence-electron chi connectivity index (χ3n) is 3.16. The molecule has 0 radical (unpaired) electrons. The first-order valence-electron chi connectivity index (χ1n) is 6.54. The van der Waals surface area contributed by atoms with E-state index in [-0.39, 0.29) is 6.61 Å². The van der Waals surface area contributed by atoms with Gasteiger partial charge in [0.05, 0.1) is 17.2 Å². The minimum absolute atomic E-state index is 0.140. The molecule has 1 aliphatic carbocycles. The molecule has 2 rings (SSSR count). The average molecular weight is 254 g/mol. The van der Waals surface area contributed by atoms with Gasteiger partial charge in [0.1, 0.15) is 0 Å². The van der Waals surface area contributed by atoms with Crippen LogP contribution >= 0.6 is 11.3 Å². The summed E-state index contributed by atoms with van der Waals surface area (Å²) in [5.41, 5.74) is 1.16. The molecule has 4 heteroatoms. The van der Waals surface area contributed by atoms with Crippen molar-refractivity contribution in [2.45, 2.75) is 58.6 Å². The number of nitrogens with zero attached hydrogens (tertiary/aromatic N) is 2. The Bertz CT molecular complexity index is 371. The molecule has 0 aliphatic heterocycles. The predicted octanol–water partition coefficient (Wildman–Crippen LogP) is 3.14. The number of aromatic nitrogens is 1. The highest BCUT2D eigenvalue weighted by Crippen LogP contribution is 2.44. The molecular weight excluding hydrogens is 232 g/mol. The molecule has 17 heavy (non-hydrogen) atoms. The lowest BCUT2D eigenvalue weighted by Crippen LogP contribution is -2.31. The van der Waals surface area contributed by atoms with E-state index in [1.54, 1.807) is 11.3 Å². The zero-order valence-electron chi connectivity index (χ0n) is 10.9. The van der Waals surface area contributed by atoms with Gasteiger partial charge in [-0.15, -0.1) is 0 Å². The zero-order valence-corrected chi connectivity index (χ0v) is 11.8. The summed E-state index contributed by atoms with van der Waals surface area (Å²) in [5.74, 6) is 0.623. The molecule has 0 amide bonds. The maximum Gasteiger partial charge on any atom is 0.186 e. The average Bonchev–Trinajstić information content (AvgIpc) is 3.06. The molecule has 1 fully saturated rings. The van der Waals surface area contributed by atoms with Gasteiger partial charge in [-0.3, -0.25) is 0 Å². The van der Waals surface area contributed by atoms with E-state index in [0.29, 0.717) is 12.0 Å². The summed E-state index contributed by atoms with van der Waals surface area (Å²) in [6, 6.07) is 0.472. The Balaban J connectivity index is 2.23. The summed E-state index contributed by atoms with van der Waals surface area (Å²) in [4.78, 5) is 8.18. The van der Waals surface area contributed by atoms with E-state index in [1.807, 2.05) is 0 Å². The molecule has 1 aromatic rings. The minimum atomic E-state index is 0.140.